The van der Waals surface area contributed by atoms with Gasteiger partial charge in [0.25, 0.3) is 0 Å². The van der Waals surface area contributed by atoms with E-state index < -0.39 is 16.2 Å². The van der Waals surface area contributed by atoms with E-state index in [0.29, 0.717) is 0 Å². The molecule has 0 radical (unpaired) electrons. The lowest BCUT2D eigenvalue weighted by molar-refractivity contribution is 0.0696. The number of anilines is 1. The third kappa shape index (κ3) is 3.92. The third-order valence-electron chi connectivity index (χ3n) is 3.70. The number of nitrogens with one attached hydrogen (secondary N) is 1. The molecule has 0 bridgehead atoms. The largest absolute Gasteiger partial charge is 0.478 e. The second-order valence-corrected chi connectivity index (χ2v) is 6.91. The molecule has 1 fully saturated rings. The van der Waals surface area contributed by atoms with E-state index in [1.807, 2.05) is 0 Å². The van der Waals surface area contributed by atoms with Crippen molar-refractivity contribution in [3.05, 3.63) is 24.0 Å². The summed E-state index contributed by atoms with van der Waals surface area (Å²) in [6.45, 7) is 0. The highest BCUT2D eigenvalue weighted by atomic mass is 32.2. The van der Waals surface area contributed by atoms with Crippen LogP contribution in [0.3, 0.4) is 0 Å². The number of aromatic carboxylic acids is 1. The van der Waals surface area contributed by atoms with Gasteiger partial charge in [-0.15, -0.1) is 0 Å². The summed E-state index contributed by atoms with van der Waals surface area (Å²) >= 11 is 0. The number of hydrogen-bond donors (Lipinski definition) is 2. The van der Waals surface area contributed by atoms with Gasteiger partial charge in [0.05, 0.1) is 17.4 Å². The Balaban J connectivity index is 2.12. The fraction of sp³-hybridized carbons (Fsp3) is 0.538. The van der Waals surface area contributed by atoms with Crippen LogP contribution >= 0.6 is 0 Å². The summed E-state index contributed by atoms with van der Waals surface area (Å²) in [6.07, 6.45) is 7.36. The highest BCUT2D eigenvalue weighted by Gasteiger charge is 2.27. The Hall–Kier alpha value is -1.67. The van der Waals surface area contributed by atoms with Crippen molar-refractivity contribution >= 4 is 21.9 Å². The first-order valence-corrected chi connectivity index (χ1v) is 8.28. The molecule has 0 unspecified atom stereocenters. The number of carboxylic acids is 1. The molecule has 0 atom stereocenters. The minimum Gasteiger partial charge on any atom is -0.478 e. The summed E-state index contributed by atoms with van der Waals surface area (Å²) in [7, 11) is -2.16. The lowest BCUT2D eigenvalue weighted by Gasteiger charge is -2.30. The van der Waals surface area contributed by atoms with Crippen LogP contribution in [0.2, 0.25) is 0 Å². The summed E-state index contributed by atoms with van der Waals surface area (Å²) in [4.78, 5) is 14.6. The highest BCUT2D eigenvalue weighted by Crippen LogP contribution is 2.24. The SMILES string of the molecule is CN(C1CCCCC1)S(=O)(=O)Nc1cncc(C(=O)O)c1. The van der Waals surface area contributed by atoms with Gasteiger partial charge in [0.1, 0.15) is 0 Å². The van der Waals surface area contributed by atoms with Crippen molar-refractivity contribution in [1.29, 1.82) is 0 Å². The average Bonchev–Trinajstić information content (AvgIpc) is 2.47. The van der Waals surface area contributed by atoms with Gasteiger partial charge in [-0.3, -0.25) is 9.71 Å². The predicted octanol–water partition coefficient (Wildman–Crippen LogP) is 1.70. The zero-order valence-corrected chi connectivity index (χ0v) is 12.6. The Morgan fingerprint density at radius 1 is 1.33 bits per heavy atom. The Morgan fingerprint density at radius 3 is 2.62 bits per heavy atom. The summed E-state index contributed by atoms with van der Waals surface area (Å²) < 4.78 is 28.4. The van der Waals surface area contributed by atoms with Crippen molar-refractivity contribution in [3.63, 3.8) is 0 Å². The molecule has 7 nitrogen and oxygen atoms in total. The first kappa shape index (κ1) is 15.7. The van der Waals surface area contributed by atoms with Crippen LogP contribution in [-0.2, 0) is 10.2 Å². The van der Waals surface area contributed by atoms with E-state index in [1.54, 1.807) is 7.05 Å². The monoisotopic (exact) mass is 313 g/mol. The molecule has 116 valence electrons. The van der Waals surface area contributed by atoms with Gasteiger partial charge in [0.2, 0.25) is 0 Å². The molecule has 0 amide bonds. The van der Waals surface area contributed by atoms with Crippen LogP contribution in [0.25, 0.3) is 0 Å². The number of rotatable bonds is 5. The minimum absolute atomic E-state index is 0.00753. The van der Waals surface area contributed by atoms with Crippen molar-refractivity contribution in [1.82, 2.24) is 9.29 Å². The van der Waals surface area contributed by atoms with Gasteiger partial charge >= 0.3 is 16.2 Å². The molecule has 1 heterocycles. The van der Waals surface area contributed by atoms with Gasteiger partial charge < -0.3 is 5.11 Å². The Morgan fingerprint density at radius 2 is 2.00 bits per heavy atom. The van der Waals surface area contributed by atoms with Crippen LogP contribution in [0.1, 0.15) is 42.5 Å². The molecule has 2 rings (SSSR count). The van der Waals surface area contributed by atoms with Gasteiger partial charge in [0.15, 0.2) is 0 Å². The number of aromatic nitrogens is 1. The Bertz CT molecular complexity index is 612. The van der Waals surface area contributed by atoms with Crippen molar-refractivity contribution in [2.45, 2.75) is 38.1 Å². The van der Waals surface area contributed by atoms with Crippen molar-refractivity contribution in [2.24, 2.45) is 0 Å². The summed E-state index contributed by atoms with van der Waals surface area (Å²) in [5.41, 5.74) is 0.0908. The second kappa shape index (κ2) is 6.40. The van der Waals surface area contributed by atoms with E-state index in [1.165, 1.54) is 22.8 Å². The van der Waals surface area contributed by atoms with E-state index >= 15 is 0 Å². The molecule has 1 aliphatic carbocycles. The first-order valence-electron chi connectivity index (χ1n) is 6.84. The molecule has 1 aromatic rings. The lowest BCUT2D eigenvalue weighted by Crippen LogP contribution is -2.41. The van der Waals surface area contributed by atoms with Crippen molar-refractivity contribution in [3.8, 4) is 0 Å². The van der Waals surface area contributed by atoms with E-state index in [-0.39, 0.29) is 17.3 Å². The van der Waals surface area contributed by atoms with E-state index in [0.717, 1.165) is 32.1 Å². The molecule has 1 aromatic heterocycles. The van der Waals surface area contributed by atoms with Gasteiger partial charge in [0, 0.05) is 19.3 Å². The molecule has 1 saturated carbocycles. The number of nitrogens with zero attached hydrogens (tertiary/aromatic N) is 2. The normalized spacial score (nSPS) is 16.9. The minimum atomic E-state index is -3.71. The Kier molecular flexibility index (Phi) is 4.79. The third-order valence-corrected chi connectivity index (χ3v) is 5.25. The maximum absolute atomic E-state index is 12.3. The average molecular weight is 313 g/mol. The fourth-order valence-electron chi connectivity index (χ4n) is 2.47. The summed E-state index contributed by atoms with van der Waals surface area (Å²) in [6, 6.07) is 1.24. The second-order valence-electron chi connectivity index (χ2n) is 5.18. The van der Waals surface area contributed by atoms with Gasteiger partial charge in [-0.1, -0.05) is 19.3 Å². The molecule has 8 heteroatoms. The van der Waals surface area contributed by atoms with Crippen LogP contribution in [0.4, 0.5) is 5.69 Å². The van der Waals surface area contributed by atoms with Crippen LogP contribution in [0.5, 0.6) is 0 Å². The molecule has 0 aliphatic heterocycles. The predicted molar refractivity (Wildman–Crippen MR) is 78.4 cm³/mol. The van der Waals surface area contributed by atoms with Crippen LogP contribution in [0.15, 0.2) is 18.5 Å². The quantitative estimate of drug-likeness (QED) is 0.862. The Labute approximate surface area is 124 Å². The van der Waals surface area contributed by atoms with E-state index in [2.05, 4.69) is 9.71 Å². The smallest absolute Gasteiger partial charge is 0.337 e. The van der Waals surface area contributed by atoms with E-state index in [9.17, 15) is 13.2 Å². The molecule has 1 aliphatic rings. The summed E-state index contributed by atoms with van der Waals surface area (Å²) in [5, 5.41) is 8.89. The summed E-state index contributed by atoms with van der Waals surface area (Å²) in [5.74, 6) is -1.15. The topological polar surface area (TPSA) is 99.6 Å². The zero-order valence-electron chi connectivity index (χ0n) is 11.8. The standard InChI is InChI=1S/C13H19N3O4S/c1-16(12-5-3-2-4-6-12)21(19,20)15-11-7-10(13(17)18)8-14-9-11/h7-9,12,15H,2-6H2,1H3,(H,17,18). The molecule has 21 heavy (non-hydrogen) atoms. The van der Waals surface area contributed by atoms with Crippen molar-refractivity contribution < 1.29 is 18.3 Å². The number of carbonyl (C=O) groups is 1. The van der Waals surface area contributed by atoms with Gasteiger partial charge in [-0.05, 0) is 18.9 Å². The molecule has 2 N–H and O–H groups in total. The first-order chi connectivity index (χ1) is 9.90. The highest BCUT2D eigenvalue weighted by molar-refractivity contribution is 7.90. The van der Waals surface area contributed by atoms with Gasteiger partial charge in [-0.2, -0.15) is 12.7 Å². The molecule has 0 aromatic carbocycles. The maximum Gasteiger partial charge on any atom is 0.337 e. The molecule has 0 saturated heterocycles. The van der Waals surface area contributed by atoms with E-state index in [4.69, 9.17) is 5.11 Å². The van der Waals surface area contributed by atoms with Crippen molar-refractivity contribution in [2.75, 3.05) is 11.8 Å². The van der Waals surface area contributed by atoms with Crippen LogP contribution in [-0.4, -0.2) is 41.9 Å². The van der Waals surface area contributed by atoms with Gasteiger partial charge in [-0.25, -0.2) is 4.79 Å². The van der Waals surface area contributed by atoms with Crippen LogP contribution < -0.4 is 4.72 Å². The number of hydrogen-bond acceptors (Lipinski definition) is 4. The van der Waals surface area contributed by atoms with Crippen LogP contribution in [0, 0.1) is 0 Å². The molecule has 0 spiro atoms. The fourth-order valence-corrected chi connectivity index (χ4v) is 3.63. The lowest BCUT2D eigenvalue weighted by atomic mass is 9.96. The maximum atomic E-state index is 12.3. The number of pyridine rings is 1. The zero-order chi connectivity index (χ0) is 15.5. The molecular weight excluding hydrogens is 294 g/mol. The molecular formula is C13H19N3O4S. The number of carboxylic acid groups (broad SMARTS) is 1.